The number of Topliss-reactive ketones (excluding diaryl/α,β-unsaturated/α-hetero) is 1. The maximum atomic E-state index is 12.1. The molecule has 6 heteroatoms. The van der Waals surface area contributed by atoms with E-state index in [2.05, 4.69) is 0 Å². The molecule has 0 radical (unpaired) electrons. The van der Waals surface area contributed by atoms with Gasteiger partial charge in [-0.05, 0) is 30.3 Å². The second-order valence-corrected chi connectivity index (χ2v) is 4.88. The average molecular weight is 320 g/mol. The summed E-state index contributed by atoms with van der Waals surface area (Å²) in [5.74, 6) is -0.126. The summed E-state index contributed by atoms with van der Waals surface area (Å²) in [5.41, 5.74) is 5.84. The first-order valence-electron chi connectivity index (χ1n) is 6.40. The Bertz CT molecular complexity index is 715. The molecule has 2 rings (SSSR count). The zero-order valence-electron chi connectivity index (χ0n) is 11.8. The molecule has 22 heavy (non-hydrogen) atoms. The molecular formula is C16H14ClNO4. The molecule has 2 N–H and O–H groups in total. The Morgan fingerprint density at radius 3 is 2.64 bits per heavy atom. The van der Waals surface area contributed by atoms with Crippen LogP contribution in [0.5, 0.6) is 11.5 Å². The van der Waals surface area contributed by atoms with Crippen LogP contribution in [0.15, 0.2) is 42.5 Å². The van der Waals surface area contributed by atoms with Crippen molar-refractivity contribution in [2.24, 2.45) is 5.73 Å². The Morgan fingerprint density at radius 2 is 1.95 bits per heavy atom. The van der Waals surface area contributed by atoms with Crippen LogP contribution in [0, 0.1) is 0 Å². The second-order valence-electron chi connectivity index (χ2n) is 4.45. The summed E-state index contributed by atoms with van der Waals surface area (Å²) in [6.45, 7) is -0.227. The van der Waals surface area contributed by atoms with Crippen LogP contribution in [0.2, 0.25) is 5.02 Å². The zero-order valence-corrected chi connectivity index (χ0v) is 12.6. The van der Waals surface area contributed by atoms with Gasteiger partial charge in [0.05, 0.1) is 12.7 Å². The lowest BCUT2D eigenvalue weighted by molar-refractivity contribution is 0.0912. The van der Waals surface area contributed by atoms with Gasteiger partial charge in [-0.2, -0.15) is 0 Å². The highest BCUT2D eigenvalue weighted by atomic mass is 35.5. The lowest BCUT2D eigenvalue weighted by Gasteiger charge is -2.10. The molecule has 5 nitrogen and oxygen atoms in total. The van der Waals surface area contributed by atoms with Crippen LogP contribution in [-0.2, 0) is 0 Å². The van der Waals surface area contributed by atoms with Gasteiger partial charge in [-0.1, -0.05) is 23.7 Å². The predicted molar refractivity (Wildman–Crippen MR) is 82.8 cm³/mol. The van der Waals surface area contributed by atoms with E-state index in [0.29, 0.717) is 16.3 Å². The number of carbonyl (C=O) groups excluding carboxylic acids is 2. The van der Waals surface area contributed by atoms with Crippen molar-refractivity contribution in [2.45, 2.75) is 0 Å². The number of ether oxygens (including phenoxy) is 2. The van der Waals surface area contributed by atoms with Gasteiger partial charge in [0.25, 0.3) is 5.91 Å². The number of hydrogen-bond acceptors (Lipinski definition) is 4. The first kappa shape index (κ1) is 15.9. The van der Waals surface area contributed by atoms with E-state index >= 15 is 0 Å². The van der Waals surface area contributed by atoms with Crippen molar-refractivity contribution in [2.75, 3.05) is 13.7 Å². The van der Waals surface area contributed by atoms with E-state index in [-0.39, 0.29) is 23.7 Å². The quantitative estimate of drug-likeness (QED) is 0.830. The van der Waals surface area contributed by atoms with E-state index in [4.69, 9.17) is 26.8 Å². The molecule has 0 aliphatic rings. The predicted octanol–water partition coefficient (Wildman–Crippen LogP) is 2.71. The molecule has 0 heterocycles. The lowest BCUT2D eigenvalue weighted by Crippen LogP contribution is -2.16. The molecular weight excluding hydrogens is 306 g/mol. The van der Waals surface area contributed by atoms with Gasteiger partial charge in [-0.15, -0.1) is 0 Å². The maximum Gasteiger partial charge on any atom is 0.252 e. The monoisotopic (exact) mass is 319 g/mol. The third kappa shape index (κ3) is 3.77. The third-order valence-electron chi connectivity index (χ3n) is 2.96. The van der Waals surface area contributed by atoms with Gasteiger partial charge in [-0.25, -0.2) is 0 Å². The number of primary amides is 1. The van der Waals surface area contributed by atoms with E-state index < -0.39 is 5.91 Å². The van der Waals surface area contributed by atoms with Crippen LogP contribution in [0.3, 0.4) is 0 Å². The highest BCUT2D eigenvalue weighted by Gasteiger charge is 2.13. The fourth-order valence-corrected chi connectivity index (χ4v) is 2.02. The van der Waals surface area contributed by atoms with E-state index in [1.807, 2.05) is 0 Å². The number of rotatable bonds is 6. The number of methoxy groups -OCH3 is 1. The Morgan fingerprint density at radius 1 is 1.18 bits per heavy atom. The molecule has 2 aromatic carbocycles. The number of halogens is 1. The van der Waals surface area contributed by atoms with Crippen LogP contribution in [0.1, 0.15) is 20.7 Å². The highest BCUT2D eigenvalue weighted by molar-refractivity contribution is 6.31. The van der Waals surface area contributed by atoms with Crippen molar-refractivity contribution < 1.29 is 19.1 Å². The van der Waals surface area contributed by atoms with Crippen molar-refractivity contribution in [1.82, 2.24) is 0 Å². The summed E-state index contributed by atoms with van der Waals surface area (Å²) in [6.07, 6.45) is 0. The summed E-state index contributed by atoms with van der Waals surface area (Å²) in [6, 6.07) is 11.2. The molecule has 114 valence electrons. The van der Waals surface area contributed by atoms with Gasteiger partial charge in [-0.3, -0.25) is 9.59 Å². The summed E-state index contributed by atoms with van der Waals surface area (Å²) in [5, 5.41) is 0.361. The fourth-order valence-electron chi connectivity index (χ4n) is 1.84. The van der Waals surface area contributed by atoms with Gasteiger partial charge in [0.2, 0.25) is 0 Å². The Balaban J connectivity index is 2.12. The molecule has 0 aliphatic carbocycles. The van der Waals surface area contributed by atoms with Gasteiger partial charge in [0.15, 0.2) is 12.4 Å². The third-order valence-corrected chi connectivity index (χ3v) is 3.19. The maximum absolute atomic E-state index is 12.1. The Kier molecular flexibility index (Phi) is 5.01. The number of hydrogen-bond donors (Lipinski definition) is 1. The van der Waals surface area contributed by atoms with Gasteiger partial charge in [0.1, 0.15) is 11.5 Å². The molecule has 0 unspecified atom stereocenters. The average Bonchev–Trinajstić information content (AvgIpc) is 2.53. The zero-order chi connectivity index (χ0) is 16.1. The molecule has 0 aromatic heterocycles. The SMILES string of the molecule is COc1cccc(C(=O)COc2ccc(Cl)cc2C(N)=O)c1. The van der Waals surface area contributed by atoms with E-state index in [1.54, 1.807) is 30.3 Å². The van der Waals surface area contributed by atoms with E-state index in [0.717, 1.165) is 0 Å². The van der Waals surface area contributed by atoms with Crippen LogP contribution < -0.4 is 15.2 Å². The number of benzene rings is 2. The largest absolute Gasteiger partial charge is 0.497 e. The summed E-state index contributed by atoms with van der Waals surface area (Å²) in [7, 11) is 1.52. The minimum atomic E-state index is -0.675. The van der Waals surface area contributed by atoms with Crippen molar-refractivity contribution >= 4 is 23.3 Å². The van der Waals surface area contributed by atoms with Gasteiger partial charge < -0.3 is 15.2 Å². The minimum absolute atomic E-state index is 0.131. The molecule has 2 aromatic rings. The highest BCUT2D eigenvalue weighted by Crippen LogP contribution is 2.23. The van der Waals surface area contributed by atoms with Crippen molar-refractivity contribution in [3.63, 3.8) is 0 Å². The molecule has 0 saturated carbocycles. The van der Waals surface area contributed by atoms with Crippen LogP contribution in [-0.4, -0.2) is 25.4 Å². The number of carbonyl (C=O) groups is 2. The number of amides is 1. The molecule has 0 bridgehead atoms. The Labute approximate surface area is 132 Å². The standard InChI is InChI=1S/C16H14ClNO4/c1-21-12-4-2-3-10(7-12)14(19)9-22-15-6-5-11(17)8-13(15)16(18)20/h2-8H,9H2,1H3,(H2,18,20). The van der Waals surface area contributed by atoms with Crippen molar-refractivity contribution in [3.8, 4) is 11.5 Å². The topological polar surface area (TPSA) is 78.6 Å². The summed E-state index contributed by atoms with van der Waals surface area (Å²) >= 11 is 5.81. The number of nitrogens with two attached hydrogens (primary N) is 1. The van der Waals surface area contributed by atoms with E-state index in [9.17, 15) is 9.59 Å². The van der Waals surface area contributed by atoms with Gasteiger partial charge >= 0.3 is 0 Å². The molecule has 0 fully saturated rings. The fraction of sp³-hybridized carbons (Fsp3) is 0.125. The minimum Gasteiger partial charge on any atom is -0.497 e. The van der Waals surface area contributed by atoms with Gasteiger partial charge in [0, 0.05) is 10.6 Å². The smallest absolute Gasteiger partial charge is 0.252 e. The second kappa shape index (κ2) is 6.95. The van der Waals surface area contributed by atoms with Crippen LogP contribution in [0.25, 0.3) is 0 Å². The summed E-state index contributed by atoms with van der Waals surface area (Å²) < 4.78 is 10.5. The molecule has 0 spiro atoms. The molecule has 0 atom stereocenters. The Hall–Kier alpha value is -2.53. The number of ketones is 1. The molecule has 1 amide bonds. The van der Waals surface area contributed by atoms with Crippen molar-refractivity contribution in [1.29, 1.82) is 0 Å². The van der Waals surface area contributed by atoms with Crippen LogP contribution >= 0.6 is 11.6 Å². The normalized spacial score (nSPS) is 10.1. The van der Waals surface area contributed by atoms with Crippen molar-refractivity contribution in [3.05, 3.63) is 58.6 Å². The lowest BCUT2D eigenvalue weighted by atomic mass is 10.1. The first-order chi connectivity index (χ1) is 10.5. The first-order valence-corrected chi connectivity index (χ1v) is 6.78. The summed E-state index contributed by atoms with van der Waals surface area (Å²) in [4.78, 5) is 23.5. The molecule has 0 saturated heterocycles. The molecule has 0 aliphatic heterocycles. The van der Waals surface area contributed by atoms with E-state index in [1.165, 1.54) is 19.2 Å². The van der Waals surface area contributed by atoms with Crippen LogP contribution in [0.4, 0.5) is 0 Å².